The smallest absolute Gasteiger partial charge is 0.254 e. The summed E-state index contributed by atoms with van der Waals surface area (Å²) in [5.41, 5.74) is 4.66. The van der Waals surface area contributed by atoms with Crippen molar-refractivity contribution in [2.75, 3.05) is 56.6 Å². The van der Waals surface area contributed by atoms with Gasteiger partial charge in [0.2, 0.25) is 0 Å². The van der Waals surface area contributed by atoms with Gasteiger partial charge >= 0.3 is 0 Å². The van der Waals surface area contributed by atoms with Crippen molar-refractivity contribution in [1.29, 1.82) is 0 Å². The maximum atomic E-state index is 13.3. The van der Waals surface area contributed by atoms with E-state index < -0.39 is 46.8 Å². The van der Waals surface area contributed by atoms with Crippen molar-refractivity contribution in [2.24, 2.45) is 0 Å². The molecule has 0 spiro atoms. The Morgan fingerprint density at radius 2 is 1.75 bits per heavy atom. The lowest BCUT2D eigenvalue weighted by Gasteiger charge is -2.32. The van der Waals surface area contributed by atoms with E-state index in [1.165, 1.54) is 16.0 Å². The SMILES string of the molecule is O=C([C@@H](O)[C@@H](O)[C@H](O)[C@@H](O)CO)N(CCCCSc1ccc(Cl)c(CCC2(c3cnccc3-c3ccccc3OC3CC3)CC2)c1)CCN1CCS(=O)(=O)CC1. The maximum absolute atomic E-state index is 13.3. The number of amides is 1. The molecule has 306 valence electrons. The molecule has 1 amide bonds. The zero-order chi connectivity index (χ0) is 39.9. The number of unbranched alkanes of at least 4 members (excludes halogenated alkanes) is 1. The van der Waals surface area contributed by atoms with Gasteiger partial charge in [0, 0.05) is 60.6 Å². The van der Waals surface area contributed by atoms with Crippen LogP contribution in [0.25, 0.3) is 11.1 Å². The third-order valence-electron chi connectivity index (χ3n) is 11.2. The van der Waals surface area contributed by atoms with Crippen LogP contribution in [0, 0.1) is 0 Å². The lowest BCUT2D eigenvalue weighted by Crippen LogP contribution is -2.54. The number of rotatable bonds is 21. The standard InChI is InChI=1S/C41H54ClN3O9S2/c42-34-10-9-30(25-28(34)11-13-41(14-15-41)33-26-43-16-12-31(33)32-5-1-2-6-36(32)54-29-7-8-29)55-22-4-3-17-45(19-18-44-20-23-56(52,53)24-21-44)40(51)39(50)38(49)37(48)35(47)27-46/h1-2,5-6,9-10,12,16,25-26,29,35,37-39,46-50H,3-4,7-8,11,13-15,17-24,27H2/t35-,37+,38-,39-/m0/s1. The van der Waals surface area contributed by atoms with Crippen molar-refractivity contribution in [3.63, 3.8) is 0 Å². The summed E-state index contributed by atoms with van der Waals surface area (Å²) in [5, 5.41) is 50.7. The van der Waals surface area contributed by atoms with Crippen LogP contribution in [0.3, 0.4) is 0 Å². The number of sulfone groups is 1. The highest BCUT2D eigenvalue weighted by molar-refractivity contribution is 7.99. The average Bonchev–Trinajstić information content (AvgIpc) is 4.16. The molecule has 3 aliphatic rings. The van der Waals surface area contributed by atoms with Crippen molar-refractivity contribution >= 4 is 39.1 Å². The molecule has 5 N–H and O–H groups in total. The van der Waals surface area contributed by atoms with Crippen LogP contribution in [-0.2, 0) is 26.5 Å². The molecule has 6 rings (SSSR count). The fourth-order valence-corrected chi connectivity index (χ4v) is 9.70. The minimum atomic E-state index is -3.08. The number of hydrogen-bond acceptors (Lipinski definition) is 12. The fraction of sp³-hybridized carbons (Fsp3) is 0.561. The van der Waals surface area contributed by atoms with Crippen LogP contribution < -0.4 is 4.74 Å². The van der Waals surface area contributed by atoms with E-state index in [1.807, 2.05) is 35.5 Å². The second-order valence-corrected chi connectivity index (χ2v) is 19.2. The van der Waals surface area contributed by atoms with E-state index in [9.17, 15) is 33.6 Å². The zero-order valence-electron chi connectivity index (χ0n) is 31.6. The molecule has 2 saturated carbocycles. The number of carbonyl (C=O) groups is 1. The predicted molar refractivity (Wildman–Crippen MR) is 217 cm³/mol. The maximum Gasteiger partial charge on any atom is 0.254 e. The normalized spacial score (nSPS) is 19.8. The van der Waals surface area contributed by atoms with Gasteiger partial charge in [-0.25, -0.2) is 8.42 Å². The van der Waals surface area contributed by atoms with Gasteiger partial charge in [-0.2, -0.15) is 0 Å². The molecule has 2 aromatic carbocycles. The first-order valence-electron chi connectivity index (χ1n) is 19.6. The molecule has 1 saturated heterocycles. The number of carbonyl (C=O) groups excluding carboxylic acids is 1. The molecule has 15 heteroatoms. The predicted octanol–water partition coefficient (Wildman–Crippen LogP) is 3.47. The van der Waals surface area contributed by atoms with Crippen molar-refractivity contribution in [3.8, 4) is 16.9 Å². The van der Waals surface area contributed by atoms with Crippen molar-refractivity contribution < 1.29 is 43.5 Å². The largest absolute Gasteiger partial charge is 0.490 e. The summed E-state index contributed by atoms with van der Waals surface area (Å²) >= 11 is 8.44. The average molecular weight is 832 g/mol. The quantitative estimate of drug-likeness (QED) is 0.0781. The number of para-hydroxylation sites is 1. The van der Waals surface area contributed by atoms with Crippen LogP contribution in [0.5, 0.6) is 5.75 Å². The van der Waals surface area contributed by atoms with Crippen molar-refractivity contribution in [2.45, 2.75) is 92.2 Å². The summed E-state index contributed by atoms with van der Waals surface area (Å²) in [5.74, 6) is 0.936. The molecule has 12 nitrogen and oxygen atoms in total. The number of aromatic nitrogens is 1. The molecular weight excluding hydrogens is 778 g/mol. The first-order chi connectivity index (χ1) is 26.9. The Balaban J connectivity index is 1.03. The van der Waals surface area contributed by atoms with Gasteiger partial charge in [-0.1, -0.05) is 29.8 Å². The minimum absolute atomic E-state index is 0.0259. The van der Waals surface area contributed by atoms with Crippen LogP contribution in [0.2, 0.25) is 5.02 Å². The molecule has 2 aliphatic carbocycles. The lowest BCUT2D eigenvalue weighted by molar-refractivity contribution is -0.158. The highest BCUT2D eigenvalue weighted by atomic mass is 35.5. The number of nitrogens with zero attached hydrogens (tertiary/aromatic N) is 3. The van der Waals surface area contributed by atoms with Crippen LogP contribution in [0.1, 0.15) is 56.1 Å². The van der Waals surface area contributed by atoms with E-state index in [1.54, 1.807) is 11.8 Å². The summed E-state index contributed by atoms with van der Waals surface area (Å²) in [7, 11) is -3.08. The Bertz CT molecular complexity index is 1880. The molecule has 4 atom stereocenters. The third-order valence-corrected chi connectivity index (χ3v) is 14.2. The molecule has 0 bridgehead atoms. The number of pyridine rings is 1. The van der Waals surface area contributed by atoms with Gasteiger partial charge in [-0.15, -0.1) is 11.8 Å². The lowest BCUT2D eigenvalue weighted by atomic mass is 9.85. The van der Waals surface area contributed by atoms with Gasteiger partial charge in [-0.05, 0) is 110 Å². The monoisotopic (exact) mass is 831 g/mol. The van der Waals surface area contributed by atoms with E-state index in [0.717, 1.165) is 77.5 Å². The minimum Gasteiger partial charge on any atom is -0.490 e. The number of aliphatic hydroxyl groups excluding tert-OH is 5. The summed E-state index contributed by atoms with van der Waals surface area (Å²) in [6.45, 7) is 0.637. The van der Waals surface area contributed by atoms with Crippen molar-refractivity contribution in [3.05, 3.63) is 77.1 Å². The van der Waals surface area contributed by atoms with Crippen LogP contribution in [0.15, 0.2) is 65.8 Å². The molecule has 1 aromatic heterocycles. The Hall–Kier alpha value is -2.79. The fourth-order valence-electron chi connectivity index (χ4n) is 7.24. The number of aliphatic hydroxyl groups is 5. The van der Waals surface area contributed by atoms with Gasteiger partial charge in [0.1, 0.15) is 24.1 Å². The first-order valence-corrected chi connectivity index (χ1v) is 22.7. The van der Waals surface area contributed by atoms with Crippen molar-refractivity contribution in [1.82, 2.24) is 14.8 Å². The summed E-state index contributed by atoms with van der Waals surface area (Å²) < 4.78 is 30.0. The van der Waals surface area contributed by atoms with Crippen LogP contribution in [0.4, 0.5) is 0 Å². The number of hydrogen-bond donors (Lipinski definition) is 5. The third kappa shape index (κ3) is 11.2. The highest BCUT2D eigenvalue weighted by Gasteiger charge is 2.45. The molecule has 56 heavy (non-hydrogen) atoms. The van der Waals surface area contributed by atoms with Crippen LogP contribution in [-0.4, -0.2) is 142 Å². The van der Waals surface area contributed by atoms with Crippen LogP contribution >= 0.6 is 23.4 Å². The van der Waals surface area contributed by atoms with E-state index in [2.05, 4.69) is 35.3 Å². The van der Waals surface area contributed by atoms with Gasteiger partial charge in [-0.3, -0.25) is 14.7 Å². The Kier molecular flexibility index (Phi) is 14.8. The van der Waals surface area contributed by atoms with Gasteiger partial charge in [0.15, 0.2) is 15.9 Å². The van der Waals surface area contributed by atoms with Gasteiger partial charge < -0.3 is 35.2 Å². The Labute approximate surface area is 338 Å². The molecule has 0 unspecified atom stereocenters. The number of thioether (sulfide) groups is 1. The molecule has 2 heterocycles. The number of ether oxygens (including phenoxy) is 1. The summed E-state index contributed by atoms with van der Waals surface area (Å²) in [6.07, 6.45) is 3.95. The Morgan fingerprint density at radius 1 is 1.00 bits per heavy atom. The van der Waals surface area contributed by atoms with E-state index >= 15 is 0 Å². The Morgan fingerprint density at radius 3 is 2.46 bits per heavy atom. The zero-order valence-corrected chi connectivity index (χ0v) is 34.0. The van der Waals surface area contributed by atoms with E-state index in [-0.39, 0.29) is 30.0 Å². The second-order valence-electron chi connectivity index (χ2n) is 15.3. The van der Waals surface area contributed by atoms with Gasteiger partial charge in [0.25, 0.3) is 5.91 Å². The number of benzene rings is 2. The van der Waals surface area contributed by atoms with E-state index in [4.69, 9.17) is 21.4 Å². The second kappa shape index (κ2) is 19.3. The topological polar surface area (TPSA) is 181 Å². The molecule has 1 aliphatic heterocycles. The molecule has 3 aromatic rings. The summed E-state index contributed by atoms with van der Waals surface area (Å²) in [4.78, 5) is 22.3. The highest BCUT2D eigenvalue weighted by Crippen LogP contribution is 2.55. The molecule has 3 fully saturated rings. The van der Waals surface area contributed by atoms with E-state index in [0.29, 0.717) is 32.2 Å². The molecular formula is C41H54ClN3O9S2. The summed E-state index contributed by atoms with van der Waals surface area (Å²) in [6, 6.07) is 16.5. The number of halogens is 1. The first kappa shape index (κ1) is 42.8. The van der Waals surface area contributed by atoms with Gasteiger partial charge in [0.05, 0.1) is 24.2 Å². The number of aryl methyl sites for hydroxylation is 1. The molecule has 0 radical (unpaired) electrons.